The van der Waals surface area contributed by atoms with Crippen molar-refractivity contribution in [2.45, 2.75) is 0 Å². The number of benzene rings is 7. The van der Waals surface area contributed by atoms with Crippen LogP contribution in [0.25, 0.3) is 87.7 Å². The van der Waals surface area contributed by atoms with E-state index >= 15 is 0 Å². The molecule has 2 aromatic heterocycles. The molecule has 0 N–H and O–H groups in total. The van der Waals surface area contributed by atoms with Gasteiger partial charge in [0.15, 0.2) is 17.5 Å². The Morgan fingerprint density at radius 2 is 0.600 bits per heavy atom. The van der Waals surface area contributed by atoms with E-state index in [1.807, 2.05) is 11.3 Å². The minimum Gasteiger partial charge on any atom is -0.208 e. The van der Waals surface area contributed by atoms with Crippen LogP contribution >= 0.6 is 11.3 Å². The Kier molecular flexibility index (Phi) is 10.3. The van der Waals surface area contributed by atoms with E-state index in [1.54, 1.807) is 0 Å². The van der Waals surface area contributed by atoms with E-state index in [-0.39, 0.29) is 0 Å². The van der Waals surface area contributed by atoms with E-state index in [9.17, 15) is 0 Å². The minimum atomic E-state index is 0.662. The van der Waals surface area contributed by atoms with Crippen LogP contribution in [0.1, 0.15) is 0 Å². The lowest BCUT2D eigenvalue weighted by atomic mass is 9.58. The van der Waals surface area contributed by atoms with Crippen molar-refractivity contribution < 1.29 is 0 Å². The van der Waals surface area contributed by atoms with Gasteiger partial charge < -0.3 is 0 Å². The normalized spacial score (nSPS) is 11.4. The molecule has 274 valence electrons. The van der Waals surface area contributed by atoms with Crippen LogP contribution in [-0.4, -0.2) is 101 Å². The molecule has 60 heavy (non-hydrogen) atoms. The second-order valence-corrected chi connectivity index (χ2v) is 17.7. The van der Waals surface area contributed by atoms with Gasteiger partial charge in [-0.1, -0.05) is 147 Å². The standard InChI is InChI=1S/C45H40B11N3S/c46-30-25(31(47)39(55)40(56)38(30)54)26-33(49)37(53)34(50)27-28-32(48)35(51)29(36(52)42(28)60-41(26)27)45-58-43(23-15-11-21(12-16-23)19-7-3-1-4-8-19)57-44(59-45)24-17-13-22(14-18-24)20-9-5-2-6-10-20/h1-18H,46-56H2. The molecule has 0 unspecified atom stereocenters. The number of thiophene rings is 1. The van der Waals surface area contributed by atoms with Crippen LogP contribution in [0.3, 0.4) is 0 Å². The second kappa shape index (κ2) is 15.5. The Morgan fingerprint density at radius 3 is 1.08 bits per heavy atom. The van der Waals surface area contributed by atoms with Crippen LogP contribution < -0.4 is 60.1 Å². The van der Waals surface area contributed by atoms with E-state index in [0.717, 1.165) is 27.8 Å². The number of hydrogen-bond acceptors (Lipinski definition) is 4. The fourth-order valence-corrected chi connectivity index (χ4v) is 10.9. The summed E-state index contributed by atoms with van der Waals surface area (Å²) in [6, 6.07) is 38.2. The summed E-state index contributed by atoms with van der Waals surface area (Å²) in [4.78, 5) is 15.8. The highest BCUT2D eigenvalue weighted by atomic mass is 32.1. The van der Waals surface area contributed by atoms with Crippen molar-refractivity contribution >= 4 is 178 Å². The summed E-state index contributed by atoms with van der Waals surface area (Å²) >= 11 is 1.94. The maximum atomic E-state index is 5.33. The van der Waals surface area contributed by atoms with Crippen LogP contribution in [0.2, 0.25) is 0 Å². The van der Waals surface area contributed by atoms with Gasteiger partial charge in [0.05, 0.1) is 0 Å². The van der Waals surface area contributed by atoms with Crippen molar-refractivity contribution in [3.8, 4) is 67.5 Å². The van der Waals surface area contributed by atoms with E-state index in [0.29, 0.717) is 17.5 Å². The van der Waals surface area contributed by atoms with Crippen molar-refractivity contribution in [2.24, 2.45) is 0 Å². The Morgan fingerprint density at radius 1 is 0.267 bits per heavy atom. The molecule has 9 aromatic rings. The van der Waals surface area contributed by atoms with E-state index in [4.69, 9.17) is 15.0 Å². The van der Waals surface area contributed by atoms with Gasteiger partial charge in [-0.3, -0.25) is 0 Å². The van der Waals surface area contributed by atoms with Gasteiger partial charge in [-0.05, 0) is 44.2 Å². The molecular weight excluding hydrogens is 734 g/mol. The number of rotatable bonds is 6. The van der Waals surface area contributed by atoms with Gasteiger partial charge in [0, 0.05) is 26.1 Å². The summed E-state index contributed by atoms with van der Waals surface area (Å²) in [5, 5.41) is 2.74. The van der Waals surface area contributed by atoms with Gasteiger partial charge >= 0.3 is 0 Å². The molecule has 0 saturated heterocycles. The second-order valence-electron chi connectivity index (χ2n) is 16.7. The highest BCUT2D eigenvalue weighted by Gasteiger charge is 2.26. The monoisotopic (exact) mass is 775 g/mol. The average Bonchev–Trinajstić information content (AvgIpc) is 3.69. The van der Waals surface area contributed by atoms with Gasteiger partial charge in [-0.2, -0.15) is 0 Å². The molecule has 9 rings (SSSR count). The largest absolute Gasteiger partial charge is 0.208 e. The van der Waals surface area contributed by atoms with E-state index < -0.39 is 0 Å². The molecule has 0 fully saturated rings. The number of hydrogen-bond donors (Lipinski definition) is 0. The first kappa shape index (κ1) is 39.9. The zero-order valence-electron chi connectivity index (χ0n) is 36.6. The molecule has 2 heterocycles. The molecule has 0 aliphatic carbocycles. The molecule has 0 radical (unpaired) electrons. The molecule has 0 saturated carbocycles. The maximum absolute atomic E-state index is 5.33. The molecular formula is C45H40B11N3S. The number of fused-ring (bicyclic) bond motifs is 3. The van der Waals surface area contributed by atoms with Crippen molar-refractivity contribution in [3.63, 3.8) is 0 Å². The van der Waals surface area contributed by atoms with Crippen molar-refractivity contribution in [1.82, 2.24) is 15.0 Å². The molecule has 0 spiro atoms. The summed E-state index contributed by atoms with van der Waals surface area (Å²) in [5.74, 6) is 2.03. The predicted molar refractivity (Wildman–Crippen MR) is 295 cm³/mol. The van der Waals surface area contributed by atoms with Crippen molar-refractivity contribution in [3.05, 3.63) is 109 Å². The molecule has 0 bridgehead atoms. The van der Waals surface area contributed by atoms with Crippen molar-refractivity contribution in [1.29, 1.82) is 0 Å². The highest BCUT2D eigenvalue weighted by Crippen LogP contribution is 2.37. The van der Waals surface area contributed by atoms with Gasteiger partial charge in [0.1, 0.15) is 86.3 Å². The molecule has 0 aliphatic rings. The Balaban J connectivity index is 1.28. The SMILES string of the molecule is Bc1c(B)c(B)c(-c2c(B)c(B)c(B)c3c2sc2c(B)c(-c4nc(-c5ccc(-c6ccccc6)cc5)nc(-c5ccc(-c6ccccc6)cc5)n4)c(B)c(B)c23)c(B)c1B. The summed E-state index contributed by atoms with van der Waals surface area (Å²) in [5.41, 5.74) is 25.2. The quantitative estimate of drug-likeness (QED) is 0.158. The van der Waals surface area contributed by atoms with Crippen LogP contribution in [0.15, 0.2) is 109 Å². The minimum absolute atomic E-state index is 0.662. The van der Waals surface area contributed by atoms with Gasteiger partial charge in [-0.15, -0.1) is 33.2 Å². The Labute approximate surface area is 367 Å². The number of aromatic nitrogens is 3. The van der Waals surface area contributed by atoms with Crippen LogP contribution in [0.5, 0.6) is 0 Å². The van der Waals surface area contributed by atoms with Crippen LogP contribution in [-0.2, 0) is 0 Å². The lowest BCUT2D eigenvalue weighted by Crippen LogP contribution is -2.56. The summed E-state index contributed by atoms with van der Waals surface area (Å²) in [6.07, 6.45) is 0. The van der Waals surface area contributed by atoms with Gasteiger partial charge in [0.2, 0.25) is 0 Å². The molecule has 0 aliphatic heterocycles. The third kappa shape index (κ3) is 6.48. The average molecular weight is 774 g/mol. The Bertz CT molecular complexity index is 3060. The van der Waals surface area contributed by atoms with Crippen molar-refractivity contribution in [2.75, 3.05) is 0 Å². The fourth-order valence-electron chi connectivity index (χ4n) is 9.33. The van der Waals surface area contributed by atoms with Gasteiger partial charge in [0.25, 0.3) is 0 Å². The van der Waals surface area contributed by atoms with Crippen LogP contribution in [0, 0.1) is 0 Å². The molecule has 15 heteroatoms. The third-order valence-corrected chi connectivity index (χ3v) is 15.0. The van der Waals surface area contributed by atoms with E-state index in [2.05, 4.69) is 196 Å². The first-order chi connectivity index (χ1) is 28.8. The fraction of sp³-hybridized carbons (Fsp3) is 0. The summed E-state index contributed by atoms with van der Waals surface area (Å²) in [6.45, 7) is 0. The molecule has 0 atom stereocenters. The molecule has 0 amide bonds. The lowest BCUT2D eigenvalue weighted by molar-refractivity contribution is 1.08. The predicted octanol–water partition coefficient (Wildman–Crippen LogP) is -6.92. The molecule has 3 nitrogen and oxygen atoms in total. The first-order valence-electron chi connectivity index (χ1n) is 21.0. The first-order valence-corrected chi connectivity index (χ1v) is 21.8. The third-order valence-electron chi connectivity index (χ3n) is 13.6. The highest BCUT2D eigenvalue weighted by molar-refractivity contribution is 7.28. The lowest BCUT2D eigenvalue weighted by Gasteiger charge is -2.24. The summed E-state index contributed by atoms with van der Waals surface area (Å²) < 4.78 is 2.67. The zero-order valence-corrected chi connectivity index (χ0v) is 37.5. The van der Waals surface area contributed by atoms with Crippen LogP contribution in [0.4, 0.5) is 0 Å². The van der Waals surface area contributed by atoms with E-state index in [1.165, 1.54) is 103 Å². The Hall–Kier alpha value is -5.52. The van der Waals surface area contributed by atoms with Gasteiger partial charge in [-0.25, -0.2) is 15.0 Å². The number of nitrogens with zero attached hydrogens (tertiary/aromatic N) is 3. The maximum Gasteiger partial charge on any atom is 0.164 e. The topological polar surface area (TPSA) is 38.7 Å². The smallest absolute Gasteiger partial charge is 0.164 e. The zero-order chi connectivity index (χ0) is 42.1. The molecule has 7 aromatic carbocycles. The summed E-state index contributed by atoms with van der Waals surface area (Å²) in [7, 11) is 25.3.